The lowest BCUT2D eigenvalue weighted by molar-refractivity contribution is -0.179. The maximum absolute atomic E-state index is 13.5. The second-order valence-corrected chi connectivity index (χ2v) is 10.2. The zero-order chi connectivity index (χ0) is 23.1. The third-order valence-electron chi connectivity index (χ3n) is 5.86. The van der Waals surface area contributed by atoms with Crippen molar-refractivity contribution >= 4 is 29.6 Å². The lowest BCUT2D eigenvalue weighted by atomic mass is 9.85. The highest BCUT2D eigenvalue weighted by molar-refractivity contribution is 8.01. The summed E-state index contributed by atoms with van der Waals surface area (Å²) in [5.74, 6) is -1.92. The molecule has 0 saturated carbocycles. The van der Waals surface area contributed by atoms with Gasteiger partial charge in [-0.3, -0.25) is 4.79 Å². The molecule has 0 bridgehead atoms. The minimum Gasteiger partial charge on any atom is -0.464 e. The second kappa shape index (κ2) is 8.26. The van der Waals surface area contributed by atoms with E-state index in [4.69, 9.17) is 15.2 Å². The smallest absolute Gasteiger partial charge is 0.339 e. The van der Waals surface area contributed by atoms with Crippen molar-refractivity contribution in [2.45, 2.75) is 48.6 Å². The van der Waals surface area contributed by atoms with E-state index in [2.05, 4.69) is 0 Å². The minimum atomic E-state index is -1.79. The molecule has 2 fully saturated rings. The zero-order valence-corrected chi connectivity index (χ0v) is 19.0. The van der Waals surface area contributed by atoms with Crippen LogP contribution in [0.15, 0.2) is 60.7 Å². The van der Waals surface area contributed by atoms with Gasteiger partial charge in [0.1, 0.15) is 11.4 Å². The molecule has 0 aliphatic carbocycles. The van der Waals surface area contributed by atoms with Crippen molar-refractivity contribution in [3.8, 4) is 0 Å². The SMILES string of the molecule is CCOC(=O)[C@]1(N)C(=O)N2[C@@H](C(=O)OC(c3ccccc3)c3ccccc3)C(C)(C)S[C@@H]21. The van der Waals surface area contributed by atoms with Crippen molar-refractivity contribution in [2.75, 3.05) is 6.61 Å². The number of carbonyl (C=O) groups is 3. The molecule has 0 spiro atoms. The third-order valence-corrected chi connectivity index (χ3v) is 7.51. The lowest BCUT2D eigenvalue weighted by Gasteiger charge is -2.48. The quantitative estimate of drug-likeness (QED) is 0.407. The van der Waals surface area contributed by atoms with Gasteiger partial charge in [0.05, 0.1) is 6.61 Å². The monoisotopic (exact) mass is 454 g/mol. The molecule has 8 heteroatoms. The molecule has 2 N–H and O–H groups in total. The fourth-order valence-electron chi connectivity index (χ4n) is 4.27. The van der Waals surface area contributed by atoms with Gasteiger partial charge in [-0.05, 0) is 31.9 Å². The molecular weight excluding hydrogens is 428 g/mol. The van der Waals surface area contributed by atoms with Crippen LogP contribution in [0.2, 0.25) is 0 Å². The summed E-state index contributed by atoms with van der Waals surface area (Å²) in [5.41, 5.74) is 6.04. The molecule has 2 saturated heterocycles. The highest BCUT2D eigenvalue weighted by Crippen LogP contribution is 2.54. The molecule has 2 aromatic carbocycles. The van der Waals surface area contributed by atoms with Gasteiger partial charge in [-0.2, -0.15) is 0 Å². The van der Waals surface area contributed by atoms with E-state index >= 15 is 0 Å². The number of esters is 2. The van der Waals surface area contributed by atoms with Gasteiger partial charge < -0.3 is 20.1 Å². The normalized spacial score (nSPS) is 25.8. The van der Waals surface area contributed by atoms with E-state index in [0.29, 0.717) is 0 Å². The second-order valence-electron chi connectivity index (χ2n) is 8.42. The Morgan fingerprint density at radius 1 is 1.06 bits per heavy atom. The Morgan fingerprint density at radius 3 is 2.09 bits per heavy atom. The molecule has 32 heavy (non-hydrogen) atoms. The molecule has 4 rings (SSSR count). The summed E-state index contributed by atoms with van der Waals surface area (Å²) in [6, 6.07) is 18.0. The van der Waals surface area contributed by atoms with E-state index < -0.39 is 45.7 Å². The predicted octanol–water partition coefficient (Wildman–Crippen LogP) is 2.64. The Kier molecular flexibility index (Phi) is 5.77. The fraction of sp³-hybridized carbons (Fsp3) is 0.375. The van der Waals surface area contributed by atoms with E-state index in [9.17, 15) is 14.4 Å². The van der Waals surface area contributed by atoms with Crippen molar-refractivity contribution in [2.24, 2.45) is 5.73 Å². The average molecular weight is 455 g/mol. The molecule has 2 heterocycles. The molecule has 0 unspecified atom stereocenters. The summed E-state index contributed by atoms with van der Waals surface area (Å²) in [5, 5.41) is -0.687. The Labute approximate surface area is 191 Å². The third kappa shape index (κ3) is 3.47. The number of ether oxygens (including phenoxy) is 2. The maximum atomic E-state index is 13.5. The van der Waals surface area contributed by atoms with Gasteiger partial charge in [-0.25, -0.2) is 9.59 Å². The summed E-state index contributed by atoms with van der Waals surface area (Å²) >= 11 is 1.32. The van der Waals surface area contributed by atoms with Gasteiger partial charge in [-0.15, -0.1) is 11.8 Å². The van der Waals surface area contributed by atoms with Crippen LogP contribution < -0.4 is 5.73 Å². The van der Waals surface area contributed by atoms with E-state index in [1.165, 1.54) is 16.7 Å². The molecule has 2 aliphatic heterocycles. The lowest BCUT2D eigenvalue weighted by Crippen LogP contribution is -2.81. The van der Waals surface area contributed by atoms with E-state index in [1.54, 1.807) is 6.92 Å². The summed E-state index contributed by atoms with van der Waals surface area (Å²) in [6.07, 6.45) is -0.631. The van der Waals surface area contributed by atoms with Crippen LogP contribution in [0, 0.1) is 0 Å². The Morgan fingerprint density at radius 2 is 1.59 bits per heavy atom. The van der Waals surface area contributed by atoms with E-state index in [0.717, 1.165) is 11.1 Å². The Bertz CT molecular complexity index is 990. The number of thioether (sulfide) groups is 1. The average Bonchev–Trinajstić information content (AvgIpc) is 3.07. The maximum Gasteiger partial charge on any atom is 0.339 e. The summed E-state index contributed by atoms with van der Waals surface area (Å²) in [7, 11) is 0. The number of rotatable bonds is 6. The van der Waals surface area contributed by atoms with Crippen LogP contribution in [0.25, 0.3) is 0 Å². The van der Waals surface area contributed by atoms with Crippen molar-refractivity contribution in [3.63, 3.8) is 0 Å². The van der Waals surface area contributed by atoms with Crippen molar-refractivity contribution in [1.29, 1.82) is 0 Å². The first-order chi connectivity index (χ1) is 15.2. The van der Waals surface area contributed by atoms with Gasteiger partial charge >= 0.3 is 11.9 Å². The summed E-state index contributed by atoms with van der Waals surface area (Å²) in [4.78, 5) is 40.2. The van der Waals surface area contributed by atoms with Crippen LogP contribution in [0.3, 0.4) is 0 Å². The van der Waals surface area contributed by atoms with Gasteiger partial charge in [0.15, 0.2) is 6.10 Å². The van der Waals surface area contributed by atoms with Crippen LogP contribution >= 0.6 is 11.8 Å². The number of benzene rings is 2. The number of amides is 1. The molecule has 2 aliphatic rings. The predicted molar refractivity (Wildman–Crippen MR) is 120 cm³/mol. The van der Waals surface area contributed by atoms with Crippen molar-refractivity contribution in [1.82, 2.24) is 4.90 Å². The number of hydrogen-bond donors (Lipinski definition) is 1. The highest BCUT2D eigenvalue weighted by Gasteiger charge is 2.74. The fourth-order valence-corrected chi connectivity index (χ4v) is 5.90. The van der Waals surface area contributed by atoms with Gasteiger partial charge in [0.2, 0.25) is 5.54 Å². The zero-order valence-electron chi connectivity index (χ0n) is 18.2. The van der Waals surface area contributed by atoms with Crippen LogP contribution in [-0.2, 0) is 23.9 Å². The number of hydrogen-bond acceptors (Lipinski definition) is 7. The molecule has 0 aromatic heterocycles. The number of nitrogens with two attached hydrogens (primary N) is 1. The number of carbonyl (C=O) groups excluding carboxylic acids is 3. The van der Waals surface area contributed by atoms with Crippen molar-refractivity contribution in [3.05, 3.63) is 71.8 Å². The Balaban J connectivity index is 1.62. The van der Waals surface area contributed by atoms with Gasteiger partial charge in [0, 0.05) is 4.75 Å². The van der Waals surface area contributed by atoms with E-state index in [-0.39, 0.29) is 6.61 Å². The molecule has 3 atom stereocenters. The largest absolute Gasteiger partial charge is 0.464 e. The molecule has 7 nitrogen and oxygen atoms in total. The number of β-lactam (4-membered cyclic amide) rings is 1. The van der Waals surface area contributed by atoms with Crippen LogP contribution in [-0.4, -0.2) is 51.1 Å². The molecular formula is C24H26N2O5S. The van der Waals surface area contributed by atoms with E-state index in [1.807, 2.05) is 74.5 Å². The molecule has 1 amide bonds. The summed E-state index contributed by atoms with van der Waals surface area (Å²) in [6.45, 7) is 5.47. The topological polar surface area (TPSA) is 98.9 Å². The first kappa shape index (κ1) is 22.4. The Hall–Kier alpha value is -2.84. The molecule has 168 valence electrons. The van der Waals surface area contributed by atoms with Gasteiger partial charge in [-0.1, -0.05) is 60.7 Å². The first-order valence-corrected chi connectivity index (χ1v) is 11.4. The van der Waals surface area contributed by atoms with Gasteiger partial charge in [0.25, 0.3) is 5.91 Å². The molecule has 2 aromatic rings. The van der Waals surface area contributed by atoms with Crippen LogP contribution in [0.1, 0.15) is 38.0 Å². The standard InChI is InChI=1S/C24H26N2O5S/c1-4-30-22(29)24(25)20(28)26-18(23(2,3)32-21(24)26)19(27)31-17(15-11-7-5-8-12-15)16-13-9-6-10-14-16/h5-14,17-18,21H,4,25H2,1-3H3/t18-,21+,24-/m0/s1. The number of fused-ring (bicyclic) bond motifs is 1. The summed E-state index contributed by atoms with van der Waals surface area (Å²) < 4.78 is 10.3. The van der Waals surface area contributed by atoms with Crippen LogP contribution in [0.5, 0.6) is 0 Å². The first-order valence-electron chi connectivity index (χ1n) is 10.5. The number of nitrogens with zero attached hydrogens (tertiary/aromatic N) is 1. The van der Waals surface area contributed by atoms with Crippen molar-refractivity contribution < 1.29 is 23.9 Å². The minimum absolute atomic E-state index is 0.118. The highest BCUT2D eigenvalue weighted by atomic mass is 32.2. The van der Waals surface area contributed by atoms with Crippen LogP contribution in [0.4, 0.5) is 0 Å². The molecule has 0 radical (unpaired) electrons.